The van der Waals surface area contributed by atoms with E-state index in [-0.39, 0.29) is 12.4 Å². The molecule has 1 aliphatic heterocycles. The number of thiocarbonyl (C=S) groups is 1. The highest BCUT2D eigenvalue weighted by Gasteiger charge is 2.19. The average molecular weight is 414 g/mol. The molecule has 1 fully saturated rings. The fourth-order valence-corrected chi connectivity index (χ4v) is 3.59. The van der Waals surface area contributed by atoms with Crippen LogP contribution in [0.5, 0.6) is 5.75 Å². The summed E-state index contributed by atoms with van der Waals surface area (Å²) in [5, 5.41) is 27.4. The quantitative estimate of drug-likeness (QED) is 0.327. The Hall–Kier alpha value is -2.55. The molecule has 8 heteroatoms. The minimum Gasteiger partial charge on any atom is -0.505 e. The largest absolute Gasteiger partial charge is 0.505 e. The summed E-state index contributed by atoms with van der Waals surface area (Å²) in [6, 6.07) is 10.8. The van der Waals surface area contributed by atoms with Crippen LogP contribution in [-0.4, -0.2) is 50.6 Å². The molecule has 0 aliphatic carbocycles. The van der Waals surface area contributed by atoms with Crippen molar-refractivity contribution in [3.63, 3.8) is 0 Å². The van der Waals surface area contributed by atoms with Crippen molar-refractivity contribution in [1.82, 2.24) is 20.6 Å². The van der Waals surface area contributed by atoms with Crippen LogP contribution in [0, 0.1) is 6.92 Å². The van der Waals surface area contributed by atoms with Crippen LogP contribution < -0.4 is 10.7 Å². The lowest BCUT2D eigenvalue weighted by atomic mass is 10.0. The van der Waals surface area contributed by atoms with E-state index in [1.165, 1.54) is 18.0 Å². The summed E-state index contributed by atoms with van der Waals surface area (Å²) in [6.07, 6.45) is 5.00. The molecule has 3 rings (SSSR count). The number of nitrogens with one attached hydrogen (secondary N) is 2. The highest BCUT2D eigenvalue weighted by atomic mass is 32.1. The SMILES string of the molecule is Cc1ncc(CO)c(/C=N/NC(=S)NC2CCN(Cc3ccccc3)CC2)c1O. The Bertz CT molecular complexity index is 852. The summed E-state index contributed by atoms with van der Waals surface area (Å²) in [4.78, 5) is 6.48. The highest BCUT2D eigenvalue weighted by molar-refractivity contribution is 7.80. The molecule has 0 radical (unpaired) electrons. The molecule has 2 aromatic rings. The third-order valence-electron chi connectivity index (χ3n) is 5.06. The molecule has 0 atom stereocenters. The second-order valence-electron chi connectivity index (χ2n) is 7.17. The van der Waals surface area contributed by atoms with Crippen molar-refractivity contribution in [1.29, 1.82) is 0 Å². The van der Waals surface area contributed by atoms with E-state index in [0.717, 1.165) is 32.5 Å². The molecule has 0 unspecified atom stereocenters. The van der Waals surface area contributed by atoms with E-state index in [0.29, 0.717) is 28.0 Å². The zero-order valence-corrected chi connectivity index (χ0v) is 17.3. The van der Waals surface area contributed by atoms with Gasteiger partial charge in [-0.3, -0.25) is 15.3 Å². The average Bonchev–Trinajstić information content (AvgIpc) is 2.73. The molecule has 7 nitrogen and oxygen atoms in total. The van der Waals surface area contributed by atoms with Crippen LogP contribution in [0.15, 0.2) is 41.6 Å². The van der Waals surface area contributed by atoms with Gasteiger partial charge in [-0.1, -0.05) is 30.3 Å². The Morgan fingerprint density at radius 3 is 2.72 bits per heavy atom. The third kappa shape index (κ3) is 5.96. The number of nitrogens with zero attached hydrogens (tertiary/aromatic N) is 3. The number of hydrogen-bond acceptors (Lipinski definition) is 6. The normalized spacial score (nSPS) is 15.5. The van der Waals surface area contributed by atoms with Gasteiger partial charge in [-0.25, -0.2) is 0 Å². The number of aliphatic hydroxyl groups excluding tert-OH is 1. The molecule has 0 saturated carbocycles. The lowest BCUT2D eigenvalue weighted by molar-refractivity contribution is 0.199. The van der Waals surface area contributed by atoms with Gasteiger partial charge in [-0.05, 0) is 37.5 Å². The van der Waals surface area contributed by atoms with Crippen molar-refractivity contribution < 1.29 is 10.2 Å². The van der Waals surface area contributed by atoms with Crippen molar-refractivity contribution in [2.75, 3.05) is 13.1 Å². The molecule has 154 valence electrons. The standard InChI is InChI=1S/C21H27N5O2S/c1-15-20(28)19(17(14-27)11-22-15)12-23-25-21(29)24-18-7-9-26(10-8-18)13-16-5-3-2-4-6-16/h2-6,11-12,18,27-28H,7-10,13-14H2,1H3,(H2,24,25,29)/b23-12+. The number of aromatic nitrogens is 1. The number of hydrogen-bond donors (Lipinski definition) is 4. The topological polar surface area (TPSA) is 93.0 Å². The predicted octanol–water partition coefficient (Wildman–Crippen LogP) is 2.05. The van der Waals surface area contributed by atoms with Gasteiger partial charge in [0, 0.05) is 43.0 Å². The first-order valence-corrected chi connectivity index (χ1v) is 10.1. The predicted molar refractivity (Wildman–Crippen MR) is 118 cm³/mol. The number of likely N-dealkylation sites (tertiary alicyclic amines) is 1. The first-order chi connectivity index (χ1) is 14.1. The van der Waals surface area contributed by atoms with Crippen LogP contribution in [0.3, 0.4) is 0 Å². The summed E-state index contributed by atoms with van der Waals surface area (Å²) >= 11 is 5.33. The van der Waals surface area contributed by atoms with Gasteiger partial charge in [0.15, 0.2) is 5.11 Å². The number of aromatic hydroxyl groups is 1. The summed E-state index contributed by atoms with van der Waals surface area (Å²) < 4.78 is 0. The fourth-order valence-electron chi connectivity index (χ4n) is 3.37. The minimum absolute atomic E-state index is 0.00626. The Labute approximate surface area is 176 Å². The van der Waals surface area contributed by atoms with E-state index in [1.54, 1.807) is 6.92 Å². The van der Waals surface area contributed by atoms with Crippen LogP contribution in [0.2, 0.25) is 0 Å². The number of piperidine rings is 1. The fraction of sp³-hybridized carbons (Fsp3) is 0.381. The van der Waals surface area contributed by atoms with Crippen molar-refractivity contribution in [3.05, 3.63) is 58.9 Å². The van der Waals surface area contributed by atoms with Crippen LogP contribution in [0.4, 0.5) is 0 Å². The van der Waals surface area contributed by atoms with Crippen LogP contribution in [-0.2, 0) is 13.2 Å². The molecular weight excluding hydrogens is 386 g/mol. The Kier molecular flexibility index (Phi) is 7.51. The molecule has 1 aliphatic rings. The lowest BCUT2D eigenvalue weighted by Gasteiger charge is -2.32. The van der Waals surface area contributed by atoms with Gasteiger partial charge in [0.1, 0.15) is 5.75 Å². The molecule has 0 spiro atoms. The minimum atomic E-state index is -0.230. The number of aryl methyl sites for hydroxylation is 1. The zero-order valence-electron chi connectivity index (χ0n) is 16.5. The maximum Gasteiger partial charge on any atom is 0.187 e. The van der Waals surface area contributed by atoms with E-state index in [1.807, 2.05) is 6.07 Å². The van der Waals surface area contributed by atoms with Gasteiger partial charge in [-0.15, -0.1) is 0 Å². The van der Waals surface area contributed by atoms with Gasteiger partial charge in [0.25, 0.3) is 0 Å². The van der Waals surface area contributed by atoms with Crippen LogP contribution >= 0.6 is 12.2 Å². The molecule has 1 saturated heterocycles. The summed E-state index contributed by atoms with van der Waals surface area (Å²) in [6.45, 7) is 4.47. The number of benzene rings is 1. The maximum atomic E-state index is 10.1. The monoisotopic (exact) mass is 413 g/mol. The second kappa shape index (κ2) is 10.3. The van der Waals surface area contributed by atoms with Gasteiger partial charge in [0.2, 0.25) is 0 Å². The molecule has 1 aromatic heterocycles. The van der Waals surface area contributed by atoms with Crippen molar-refractivity contribution in [2.24, 2.45) is 5.10 Å². The zero-order chi connectivity index (χ0) is 20.6. The van der Waals surface area contributed by atoms with E-state index < -0.39 is 0 Å². The molecule has 29 heavy (non-hydrogen) atoms. The molecule has 0 bridgehead atoms. The van der Waals surface area contributed by atoms with Crippen molar-refractivity contribution in [2.45, 2.75) is 39.0 Å². The smallest absolute Gasteiger partial charge is 0.187 e. The summed E-state index contributed by atoms with van der Waals surface area (Å²) in [5.74, 6) is 0.00626. The molecule has 4 N–H and O–H groups in total. The first kappa shape index (κ1) is 21.2. The number of rotatable bonds is 6. The maximum absolute atomic E-state index is 10.1. The Morgan fingerprint density at radius 1 is 1.31 bits per heavy atom. The van der Waals surface area contributed by atoms with Gasteiger partial charge in [-0.2, -0.15) is 5.10 Å². The van der Waals surface area contributed by atoms with Gasteiger partial charge >= 0.3 is 0 Å². The molecular formula is C21H27N5O2S. The first-order valence-electron chi connectivity index (χ1n) is 9.71. The molecule has 2 heterocycles. The van der Waals surface area contributed by atoms with E-state index in [9.17, 15) is 10.2 Å². The number of aliphatic hydroxyl groups is 1. The highest BCUT2D eigenvalue weighted by Crippen LogP contribution is 2.21. The molecule has 0 amide bonds. The second-order valence-corrected chi connectivity index (χ2v) is 7.58. The number of pyridine rings is 1. The van der Waals surface area contributed by atoms with Gasteiger partial charge in [0.05, 0.1) is 18.5 Å². The number of hydrazone groups is 1. The third-order valence-corrected chi connectivity index (χ3v) is 5.27. The Balaban J connectivity index is 1.45. The van der Waals surface area contributed by atoms with Crippen molar-refractivity contribution in [3.8, 4) is 5.75 Å². The summed E-state index contributed by atoms with van der Waals surface area (Å²) in [7, 11) is 0. The van der Waals surface area contributed by atoms with Crippen LogP contribution in [0.1, 0.15) is 35.2 Å². The molecule has 1 aromatic carbocycles. The van der Waals surface area contributed by atoms with Crippen molar-refractivity contribution >= 4 is 23.5 Å². The van der Waals surface area contributed by atoms with E-state index >= 15 is 0 Å². The van der Waals surface area contributed by atoms with Crippen LogP contribution in [0.25, 0.3) is 0 Å². The van der Waals surface area contributed by atoms with Gasteiger partial charge < -0.3 is 15.5 Å². The van der Waals surface area contributed by atoms with E-state index in [2.05, 4.69) is 50.0 Å². The van der Waals surface area contributed by atoms with E-state index in [4.69, 9.17) is 12.2 Å². The lowest BCUT2D eigenvalue weighted by Crippen LogP contribution is -2.46. The Morgan fingerprint density at radius 2 is 2.03 bits per heavy atom. The summed E-state index contributed by atoms with van der Waals surface area (Å²) in [5.41, 5.74) is 5.54.